The van der Waals surface area contributed by atoms with Gasteiger partial charge in [0.1, 0.15) is 5.15 Å². The van der Waals surface area contributed by atoms with Crippen molar-refractivity contribution >= 4 is 46.8 Å². The predicted octanol–water partition coefficient (Wildman–Crippen LogP) is 4.16. The van der Waals surface area contributed by atoms with Gasteiger partial charge < -0.3 is 0 Å². The fourth-order valence-corrected chi connectivity index (χ4v) is 3.64. The minimum absolute atomic E-state index is 0.0969. The van der Waals surface area contributed by atoms with Crippen molar-refractivity contribution in [1.29, 1.82) is 0 Å². The number of pyridine rings is 1. The van der Waals surface area contributed by atoms with E-state index in [0.29, 0.717) is 16.5 Å². The van der Waals surface area contributed by atoms with Crippen LogP contribution >= 0.6 is 35.0 Å². The first-order valence-electron chi connectivity index (χ1n) is 8.77. The number of nitrogens with zero attached hydrogens (tertiary/aromatic N) is 3. The van der Waals surface area contributed by atoms with Crippen molar-refractivity contribution in [2.75, 3.05) is 0 Å². The SMILES string of the molecule is Cc1cc(C)nc(SCc2ccc(C(=O)NNC(=O)c3cnc(Cl)c(Cl)c3)cc2)n1. The molecule has 0 aliphatic carbocycles. The maximum Gasteiger partial charge on any atom is 0.271 e. The van der Waals surface area contributed by atoms with Gasteiger partial charge in [-0.3, -0.25) is 20.4 Å². The number of halogens is 2. The summed E-state index contributed by atoms with van der Waals surface area (Å²) in [6, 6.07) is 10.3. The lowest BCUT2D eigenvalue weighted by atomic mass is 10.1. The highest BCUT2D eigenvalue weighted by atomic mass is 35.5. The van der Waals surface area contributed by atoms with E-state index in [1.807, 2.05) is 32.0 Å². The van der Waals surface area contributed by atoms with Gasteiger partial charge >= 0.3 is 0 Å². The maximum atomic E-state index is 12.3. The van der Waals surface area contributed by atoms with Crippen LogP contribution in [0.3, 0.4) is 0 Å². The van der Waals surface area contributed by atoms with Crippen LogP contribution in [0.25, 0.3) is 0 Å². The molecule has 0 fully saturated rings. The van der Waals surface area contributed by atoms with Gasteiger partial charge in [0.15, 0.2) is 5.16 Å². The highest BCUT2D eigenvalue weighted by Crippen LogP contribution is 2.21. The molecule has 0 aliphatic rings. The van der Waals surface area contributed by atoms with E-state index in [1.54, 1.807) is 12.1 Å². The van der Waals surface area contributed by atoms with Crippen LogP contribution in [0.4, 0.5) is 0 Å². The molecule has 0 saturated carbocycles. The Morgan fingerprint density at radius 2 is 1.53 bits per heavy atom. The van der Waals surface area contributed by atoms with Crippen LogP contribution in [0.5, 0.6) is 0 Å². The summed E-state index contributed by atoms with van der Waals surface area (Å²) in [6.07, 6.45) is 1.27. The zero-order valence-electron chi connectivity index (χ0n) is 16.1. The number of carbonyl (C=O) groups excluding carboxylic acids is 2. The van der Waals surface area contributed by atoms with Crippen molar-refractivity contribution < 1.29 is 9.59 Å². The number of benzene rings is 1. The number of carbonyl (C=O) groups is 2. The van der Waals surface area contributed by atoms with Gasteiger partial charge in [-0.2, -0.15) is 0 Å². The van der Waals surface area contributed by atoms with Crippen molar-refractivity contribution in [2.45, 2.75) is 24.8 Å². The number of aryl methyl sites for hydroxylation is 2. The Morgan fingerprint density at radius 1 is 0.933 bits per heavy atom. The zero-order valence-corrected chi connectivity index (χ0v) is 18.4. The fraction of sp³-hybridized carbons (Fsp3) is 0.150. The van der Waals surface area contributed by atoms with Crippen molar-refractivity contribution in [3.05, 3.63) is 80.8 Å². The Labute approximate surface area is 187 Å². The zero-order chi connectivity index (χ0) is 21.7. The van der Waals surface area contributed by atoms with Gasteiger partial charge in [0.05, 0.1) is 10.6 Å². The topological polar surface area (TPSA) is 96.9 Å². The van der Waals surface area contributed by atoms with Crippen molar-refractivity contribution in [3.8, 4) is 0 Å². The number of rotatable bonds is 5. The molecule has 0 atom stereocenters. The minimum atomic E-state index is -0.559. The molecule has 3 aromatic rings. The van der Waals surface area contributed by atoms with Gasteiger partial charge in [-0.1, -0.05) is 47.1 Å². The minimum Gasteiger partial charge on any atom is -0.267 e. The molecule has 154 valence electrons. The molecular formula is C20H17Cl2N5O2S. The van der Waals surface area contributed by atoms with Crippen LogP contribution in [0.2, 0.25) is 10.2 Å². The smallest absolute Gasteiger partial charge is 0.267 e. The molecule has 30 heavy (non-hydrogen) atoms. The first kappa shape index (κ1) is 22.0. The van der Waals surface area contributed by atoms with Gasteiger partial charge in [0, 0.05) is 28.9 Å². The lowest BCUT2D eigenvalue weighted by Crippen LogP contribution is -2.41. The third-order valence-electron chi connectivity index (χ3n) is 3.89. The molecule has 1 aromatic carbocycles. The van der Waals surface area contributed by atoms with E-state index in [1.165, 1.54) is 24.0 Å². The molecule has 0 bridgehead atoms. The quantitative estimate of drug-likeness (QED) is 0.256. The average molecular weight is 462 g/mol. The van der Waals surface area contributed by atoms with Crippen LogP contribution in [0.1, 0.15) is 37.7 Å². The number of hydrogen-bond donors (Lipinski definition) is 2. The van der Waals surface area contributed by atoms with Gasteiger partial charge in [-0.15, -0.1) is 0 Å². The van der Waals surface area contributed by atoms with Crippen LogP contribution < -0.4 is 10.9 Å². The van der Waals surface area contributed by atoms with Crippen LogP contribution in [0, 0.1) is 13.8 Å². The molecule has 2 aromatic heterocycles. The molecule has 0 unspecified atom stereocenters. The molecule has 2 heterocycles. The fourth-order valence-electron chi connectivity index (χ4n) is 2.46. The van der Waals surface area contributed by atoms with Crippen LogP contribution in [-0.4, -0.2) is 26.8 Å². The summed E-state index contributed by atoms with van der Waals surface area (Å²) in [5, 5.41) is 0.962. The second-order valence-corrected chi connectivity index (χ2v) is 8.03. The Hall–Kier alpha value is -2.68. The summed E-state index contributed by atoms with van der Waals surface area (Å²) in [7, 11) is 0. The van der Waals surface area contributed by atoms with E-state index in [-0.39, 0.29) is 15.7 Å². The van der Waals surface area contributed by atoms with Crippen LogP contribution in [0.15, 0.2) is 47.8 Å². The number of nitrogens with one attached hydrogen (secondary N) is 2. The molecule has 10 heteroatoms. The Bertz CT molecular complexity index is 1070. The molecule has 0 spiro atoms. The third kappa shape index (κ3) is 5.91. The van der Waals surface area contributed by atoms with Gasteiger partial charge in [-0.05, 0) is 43.7 Å². The molecule has 0 radical (unpaired) electrons. The summed E-state index contributed by atoms with van der Waals surface area (Å²) in [4.78, 5) is 36.9. The van der Waals surface area contributed by atoms with E-state index in [0.717, 1.165) is 17.0 Å². The number of amides is 2. The largest absolute Gasteiger partial charge is 0.271 e. The summed E-state index contributed by atoms with van der Waals surface area (Å²) in [5.74, 6) is -0.338. The molecular weight excluding hydrogens is 445 g/mol. The number of hydrazine groups is 1. The monoisotopic (exact) mass is 461 g/mol. The van der Waals surface area contributed by atoms with E-state index in [2.05, 4.69) is 25.8 Å². The lowest BCUT2D eigenvalue weighted by molar-refractivity contribution is 0.0846. The van der Waals surface area contributed by atoms with Crippen molar-refractivity contribution in [3.63, 3.8) is 0 Å². The first-order valence-corrected chi connectivity index (χ1v) is 10.5. The second kappa shape index (κ2) is 9.88. The van der Waals surface area contributed by atoms with E-state index >= 15 is 0 Å². The van der Waals surface area contributed by atoms with Crippen molar-refractivity contribution in [2.24, 2.45) is 0 Å². The molecule has 2 N–H and O–H groups in total. The number of thioether (sulfide) groups is 1. The normalized spacial score (nSPS) is 10.5. The molecule has 2 amide bonds. The highest BCUT2D eigenvalue weighted by Gasteiger charge is 2.11. The predicted molar refractivity (Wildman–Crippen MR) is 117 cm³/mol. The molecule has 3 rings (SSSR count). The number of hydrogen-bond acceptors (Lipinski definition) is 6. The Balaban J connectivity index is 1.54. The highest BCUT2D eigenvalue weighted by molar-refractivity contribution is 7.98. The van der Waals surface area contributed by atoms with Gasteiger partial charge in [0.2, 0.25) is 0 Å². The van der Waals surface area contributed by atoms with E-state index in [4.69, 9.17) is 23.2 Å². The van der Waals surface area contributed by atoms with Crippen LogP contribution in [-0.2, 0) is 5.75 Å². The second-order valence-electron chi connectivity index (χ2n) is 6.32. The summed E-state index contributed by atoms with van der Waals surface area (Å²) in [6.45, 7) is 3.87. The Morgan fingerprint density at radius 3 is 2.13 bits per heavy atom. The summed E-state index contributed by atoms with van der Waals surface area (Å²) in [5.41, 5.74) is 8.11. The maximum absolute atomic E-state index is 12.3. The molecule has 0 aliphatic heterocycles. The molecule has 0 saturated heterocycles. The first-order chi connectivity index (χ1) is 14.3. The summed E-state index contributed by atoms with van der Waals surface area (Å²) >= 11 is 13.1. The third-order valence-corrected chi connectivity index (χ3v) is 5.50. The van der Waals surface area contributed by atoms with E-state index < -0.39 is 11.8 Å². The number of aromatic nitrogens is 3. The average Bonchev–Trinajstić information content (AvgIpc) is 2.72. The lowest BCUT2D eigenvalue weighted by Gasteiger charge is -2.08. The van der Waals surface area contributed by atoms with E-state index in [9.17, 15) is 9.59 Å². The van der Waals surface area contributed by atoms with Gasteiger partial charge in [-0.25, -0.2) is 15.0 Å². The Kier molecular flexibility index (Phi) is 7.25. The van der Waals surface area contributed by atoms with Gasteiger partial charge in [0.25, 0.3) is 11.8 Å². The van der Waals surface area contributed by atoms with Crippen molar-refractivity contribution in [1.82, 2.24) is 25.8 Å². The molecule has 7 nitrogen and oxygen atoms in total. The summed E-state index contributed by atoms with van der Waals surface area (Å²) < 4.78 is 0. The standard InChI is InChI=1S/C20H17Cl2N5O2S/c1-11-7-12(2)25-20(24-11)30-10-13-3-5-14(6-4-13)18(28)26-27-19(29)15-8-16(21)17(22)23-9-15/h3-9H,10H2,1-2H3,(H,26,28)(H,27,29).